The Morgan fingerprint density at radius 3 is 2.24 bits per heavy atom. The van der Waals surface area contributed by atoms with Crippen molar-refractivity contribution in [2.24, 2.45) is 0 Å². The van der Waals surface area contributed by atoms with E-state index in [4.69, 9.17) is 9.15 Å². The Bertz CT molecular complexity index is 1210. The highest BCUT2D eigenvalue weighted by Gasteiger charge is 2.56. The van der Waals surface area contributed by atoms with Gasteiger partial charge in [-0.15, -0.1) is 0 Å². The number of anilines is 1. The highest BCUT2D eigenvalue weighted by molar-refractivity contribution is 6.02. The SMILES string of the molecule is CN(C(=O)c1occc1NC(=O)OCC1c2ccccc2-c2ccccc21)C1(C(=O)O)CC1. The number of nitrogens with one attached hydrogen (secondary N) is 1. The number of carbonyl (C=O) groups is 3. The van der Waals surface area contributed by atoms with Gasteiger partial charge >= 0.3 is 12.1 Å². The fourth-order valence-corrected chi connectivity index (χ4v) is 4.48. The van der Waals surface area contributed by atoms with E-state index in [1.165, 1.54) is 19.4 Å². The number of furan rings is 1. The van der Waals surface area contributed by atoms with Gasteiger partial charge in [-0.3, -0.25) is 10.1 Å². The number of hydrogen-bond donors (Lipinski definition) is 2. The lowest BCUT2D eigenvalue weighted by molar-refractivity contribution is -0.143. The zero-order chi connectivity index (χ0) is 23.2. The van der Waals surface area contributed by atoms with Gasteiger partial charge in [0.05, 0.1) is 12.0 Å². The maximum absolute atomic E-state index is 12.8. The van der Waals surface area contributed by atoms with Crippen molar-refractivity contribution in [1.29, 1.82) is 0 Å². The third-order valence-electron chi connectivity index (χ3n) is 6.51. The Kier molecular flexibility index (Phi) is 4.92. The molecule has 1 fully saturated rings. The second-order valence-corrected chi connectivity index (χ2v) is 8.31. The standard InChI is InChI=1S/C25H22N2O6/c1-27(25(11-12-25)23(29)30)22(28)21-20(10-13-32-21)26-24(31)33-14-19-17-8-4-2-6-15(17)16-7-3-5-9-18(16)19/h2-10,13,19H,11-12,14H2,1H3,(H,26,31)(H,29,30). The minimum Gasteiger partial charge on any atom is -0.479 e. The summed E-state index contributed by atoms with van der Waals surface area (Å²) < 4.78 is 10.8. The van der Waals surface area contributed by atoms with Gasteiger partial charge in [0.1, 0.15) is 12.1 Å². The molecule has 3 aromatic rings. The highest BCUT2D eigenvalue weighted by Crippen LogP contribution is 2.45. The van der Waals surface area contributed by atoms with Gasteiger partial charge in [0.2, 0.25) is 5.76 Å². The summed E-state index contributed by atoms with van der Waals surface area (Å²) in [4.78, 5) is 38.1. The van der Waals surface area contributed by atoms with Crippen LogP contribution in [0.15, 0.2) is 65.3 Å². The number of benzene rings is 2. The lowest BCUT2D eigenvalue weighted by Gasteiger charge is -2.23. The van der Waals surface area contributed by atoms with Crippen LogP contribution in [0.3, 0.4) is 0 Å². The summed E-state index contributed by atoms with van der Waals surface area (Å²) in [6.45, 7) is 0.128. The van der Waals surface area contributed by atoms with E-state index in [0.29, 0.717) is 12.8 Å². The molecule has 8 nitrogen and oxygen atoms in total. The maximum atomic E-state index is 12.8. The van der Waals surface area contributed by atoms with Crippen molar-refractivity contribution in [3.8, 4) is 11.1 Å². The van der Waals surface area contributed by atoms with Crippen LogP contribution < -0.4 is 5.32 Å². The van der Waals surface area contributed by atoms with Crippen molar-refractivity contribution >= 4 is 23.7 Å². The molecule has 1 aromatic heterocycles. The van der Waals surface area contributed by atoms with Crippen LogP contribution in [0.4, 0.5) is 10.5 Å². The number of nitrogens with zero attached hydrogens (tertiary/aromatic N) is 1. The van der Waals surface area contributed by atoms with Crippen molar-refractivity contribution in [1.82, 2.24) is 4.90 Å². The van der Waals surface area contributed by atoms with E-state index >= 15 is 0 Å². The quantitative estimate of drug-likeness (QED) is 0.583. The van der Waals surface area contributed by atoms with Crippen LogP contribution in [-0.4, -0.2) is 47.2 Å². The molecule has 8 heteroatoms. The number of carboxylic acid groups (broad SMARTS) is 1. The first kappa shape index (κ1) is 20.8. The molecule has 2 N–H and O–H groups in total. The van der Waals surface area contributed by atoms with Crippen LogP contribution in [0.25, 0.3) is 11.1 Å². The summed E-state index contributed by atoms with van der Waals surface area (Å²) in [6, 6.07) is 17.5. The van der Waals surface area contributed by atoms with Crippen molar-refractivity contribution in [2.75, 3.05) is 19.0 Å². The molecule has 0 unspecified atom stereocenters. The van der Waals surface area contributed by atoms with Crippen LogP contribution in [0.1, 0.15) is 40.4 Å². The second-order valence-electron chi connectivity index (χ2n) is 8.31. The number of ether oxygens (including phenoxy) is 1. The smallest absolute Gasteiger partial charge is 0.411 e. The monoisotopic (exact) mass is 446 g/mol. The van der Waals surface area contributed by atoms with E-state index in [0.717, 1.165) is 27.2 Å². The van der Waals surface area contributed by atoms with Crippen LogP contribution in [0.2, 0.25) is 0 Å². The minimum atomic E-state index is -1.22. The molecule has 2 aliphatic carbocycles. The van der Waals surface area contributed by atoms with Gasteiger partial charge in [0.15, 0.2) is 0 Å². The predicted molar refractivity (Wildman–Crippen MR) is 119 cm³/mol. The Morgan fingerprint density at radius 1 is 1.06 bits per heavy atom. The van der Waals surface area contributed by atoms with Gasteiger partial charge < -0.3 is 19.2 Å². The van der Waals surface area contributed by atoms with Crippen molar-refractivity contribution < 1.29 is 28.6 Å². The lowest BCUT2D eigenvalue weighted by Crippen LogP contribution is -2.44. The topological polar surface area (TPSA) is 109 Å². The fourth-order valence-electron chi connectivity index (χ4n) is 4.48. The zero-order valence-corrected chi connectivity index (χ0v) is 17.9. The van der Waals surface area contributed by atoms with Crippen LogP contribution in [0, 0.1) is 0 Å². The average Bonchev–Trinajstić information content (AvgIpc) is 3.42. The molecule has 1 saturated carbocycles. The Balaban J connectivity index is 1.28. The van der Waals surface area contributed by atoms with Crippen LogP contribution in [0.5, 0.6) is 0 Å². The number of rotatable bonds is 6. The van der Waals surface area contributed by atoms with E-state index in [1.54, 1.807) is 0 Å². The molecule has 5 rings (SSSR count). The Labute approximate surface area is 189 Å². The second kappa shape index (κ2) is 7.81. The first-order chi connectivity index (χ1) is 15.9. The first-order valence-electron chi connectivity index (χ1n) is 10.6. The summed E-state index contributed by atoms with van der Waals surface area (Å²) in [5, 5.41) is 12.0. The van der Waals surface area contributed by atoms with Gasteiger partial charge in [-0.25, -0.2) is 9.59 Å². The molecular weight excluding hydrogens is 424 g/mol. The molecule has 0 atom stereocenters. The number of hydrogen-bond acceptors (Lipinski definition) is 5. The van der Waals surface area contributed by atoms with Crippen LogP contribution in [-0.2, 0) is 9.53 Å². The summed E-state index contributed by atoms with van der Waals surface area (Å²) in [5.41, 5.74) is 3.35. The van der Waals surface area contributed by atoms with E-state index < -0.39 is 23.5 Å². The number of amides is 2. The van der Waals surface area contributed by atoms with E-state index in [2.05, 4.69) is 17.4 Å². The summed E-state index contributed by atoms with van der Waals surface area (Å²) >= 11 is 0. The summed E-state index contributed by atoms with van der Waals surface area (Å²) in [5.74, 6) is -1.91. The van der Waals surface area contributed by atoms with Crippen molar-refractivity contribution in [3.63, 3.8) is 0 Å². The number of carbonyl (C=O) groups excluding carboxylic acids is 2. The molecule has 2 amide bonds. The largest absolute Gasteiger partial charge is 0.479 e. The number of likely N-dealkylation sites (N-methyl/N-ethyl adjacent to an activating group) is 1. The van der Waals surface area contributed by atoms with E-state index in [-0.39, 0.29) is 24.0 Å². The summed E-state index contributed by atoms with van der Waals surface area (Å²) in [7, 11) is 1.42. The number of aliphatic carboxylic acids is 1. The summed E-state index contributed by atoms with van der Waals surface area (Å²) in [6.07, 6.45) is 1.29. The molecule has 0 aliphatic heterocycles. The predicted octanol–water partition coefficient (Wildman–Crippen LogP) is 4.33. The molecule has 0 bridgehead atoms. The molecular formula is C25H22N2O6. The molecule has 168 valence electrons. The molecule has 0 spiro atoms. The Morgan fingerprint density at radius 2 is 1.67 bits per heavy atom. The van der Waals surface area contributed by atoms with Crippen LogP contribution >= 0.6 is 0 Å². The first-order valence-corrected chi connectivity index (χ1v) is 10.6. The molecule has 0 radical (unpaired) electrons. The molecule has 0 saturated heterocycles. The fraction of sp³-hybridized carbons (Fsp3) is 0.240. The van der Waals surface area contributed by atoms with Crippen molar-refractivity contribution in [2.45, 2.75) is 24.3 Å². The van der Waals surface area contributed by atoms with Gasteiger partial charge in [0, 0.05) is 19.0 Å². The average molecular weight is 446 g/mol. The number of fused-ring (bicyclic) bond motifs is 3. The molecule has 1 heterocycles. The minimum absolute atomic E-state index is 0.0926. The number of carboxylic acids is 1. The third kappa shape index (κ3) is 3.44. The maximum Gasteiger partial charge on any atom is 0.411 e. The highest BCUT2D eigenvalue weighted by atomic mass is 16.5. The normalized spacial score (nSPS) is 15.3. The molecule has 33 heavy (non-hydrogen) atoms. The van der Waals surface area contributed by atoms with E-state index in [1.807, 2.05) is 36.4 Å². The third-order valence-corrected chi connectivity index (χ3v) is 6.51. The van der Waals surface area contributed by atoms with Crippen molar-refractivity contribution in [3.05, 3.63) is 77.7 Å². The zero-order valence-electron chi connectivity index (χ0n) is 17.9. The lowest BCUT2D eigenvalue weighted by atomic mass is 9.98. The van der Waals surface area contributed by atoms with Gasteiger partial charge in [-0.1, -0.05) is 48.5 Å². The molecule has 2 aromatic carbocycles. The van der Waals surface area contributed by atoms with Gasteiger partial charge in [-0.05, 0) is 35.1 Å². The van der Waals surface area contributed by atoms with Gasteiger partial charge in [0.25, 0.3) is 5.91 Å². The van der Waals surface area contributed by atoms with E-state index in [9.17, 15) is 19.5 Å². The van der Waals surface area contributed by atoms with Gasteiger partial charge in [-0.2, -0.15) is 0 Å². The Hall–Kier alpha value is -4.07. The molecule has 2 aliphatic rings.